The summed E-state index contributed by atoms with van der Waals surface area (Å²) in [5.41, 5.74) is 1.33. The molecule has 2 rings (SSSR count). The zero-order chi connectivity index (χ0) is 17.6. The predicted octanol–water partition coefficient (Wildman–Crippen LogP) is 2.85. The van der Waals surface area contributed by atoms with E-state index in [1.165, 1.54) is 0 Å². The summed E-state index contributed by atoms with van der Waals surface area (Å²) in [4.78, 5) is 12.2. The topological polar surface area (TPSA) is 69.6 Å². The lowest BCUT2D eigenvalue weighted by Crippen LogP contribution is -2.37. The summed E-state index contributed by atoms with van der Waals surface area (Å²) in [6.07, 6.45) is 0.133. The maximum atomic E-state index is 12.2. The lowest BCUT2D eigenvalue weighted by Gasteiger charge is -2.33. The Morgan fingerprint density at radius 2 is 1.71 bits per heavy atom. The number of aliphatic hydroxyl groups excluding tert-OH is 1. The molecule has 1 unspecified atom stereocenters. The number of carbonyl (C=O) groups excluding carboxylic acids is 1. The average Bonchev–Trinajstić information content (AvgIpc) is 2.58. The summed E-state index contributed by atoms with van der Waals surface area (Å²) in [6, 6.07) is 16.7. The first-order valence-corrected chi connectivity index (χ1v) is 8.13. The number of hydrogen-bond donors (Lipinski definition) is 3. The minimum atomic E-state index is -0.358. The number of aliphatic hydroxyl groups is 1. The second-order valence-corrected chi connectivity index (χ2v) is 6.72. The molecule has 1 amide bonds. The Morgan fingerprint density at radius 1 is 1.08 bits per heavy atom. The van der Waals surface area contributed by atoms with Crippen LogP contribution < -0.4 is 5.32 Å². The van der Waals surface area contributed by atoms with Crippen molar-refractivity contribution in [3.8, 4) is 5.75 Å². The lowest BCUT2D eigenvalue weighted by molar-refractivity contribution is -0.120. The van der Waals surface area contributed by atoms with Gasteiger partial charge in [-0.25, -0.2) is 0 Å². The summed E-state index contributed by atoms with van der Waals surface area (Å²) < 4.78 is 0. The minimum absolute atomic E-state index is 0.00276. The van der Waals surface area contributed by atoms with Crippen LogP contribution in [0.1, 0.15) is 30.9 Å². The van der Waals surface area contributed by atoms with Crippen molar-refractivity contribution in [1.82, 2.24) is 5.32 Å². The third-order valence-electron chi connectivity index (χ3n) is 4.40. The Balaban J connectivity index is 2.05. The highest BCUT2D eigenvalue weighted by Gasteiger charge is 2.30. The van der Waals surface area contributed by atoms with Gasteiger partial charge in [0.25, 0.3) is 0 Å². The summed E-state index contributed by atoms with van der Waals surface area (Å²) in [5.74, 6) is -0.0221. The molecular formula is C20H25NO3. The van der Waals surface area contributed by atoms with Crippen LogP contribution in [0.5, 0.6) is 5.75 Å². The Kier molecular flexibility index (Phi) is 5.99. The van der Waals surface area contributed by atoms with Gasteiger partial charge < -0.3 is 15.5 Å². The van der Waals surface area contributed by atoms with Crippen LogP contribution in [-0.2, 0) is 11.2 Å². The molecule has 0 fully saturated rings. The van der Waals surface area contributed by atoms with Gasteiger partial charge in [-0.3, -0.25) is 4.79 Å². The van der Waals surface area contributed by atoms with Gasteiger partial charge >= 0.3 is 0 Å². The maximum absolute atomic E-state index is 12.2. The molecule has 4 nitrogen and oxygen atoms in total. The molecule has 2 aromatic carbocycles. The molecule has 0 radical (unpaired) electrons. The van der Waals surface area contributed by atoms with Crippen LogP contribution in [0.15, 0.2) is 54.6 Å². The molecule has 3 N–H and O–H groups in total. The van der Waals surface area contributed by atoms with Crippen molar-refractivity contribution >= 4 is 5.91 Å². The number of aromatic hydroxyl groups is 1. The number of hydrogen-bond acceptors (Lipinski definition) is 3. The fourth-order valence-corrected chi connectivity index (χ4v) is 2.75. The molecular weight excluding hydrogens is 302 g/mol. The Labute approximate surface area is 143 Å². The van der Waals surface area contributed by atoms with E-state index in [9.17, 15) is 15.0 Å². The molecule has 0 bridgehead atoms. The van der Waals surface area contributed by atoms with Gasteiger partial charge in [-0.2, -0.15) is 0 Å². The molecule has 0 aliphatic heterocycles. The van der Waals surface area contributed by atoms with E-state index in [0.717, 1.165) is 5.56 Å². The molecule has 2 aromatic rings. The van der Waals surface area contributed by atoms with Gasteiger partial charge in [0.2, 0.25) is 5.91 Å². The quantitative estimate of drug-likeness (QED) is 0.732. The zero-order valence-corrected chi connectivity index (χ0v) is 14.2. The van der Waals surface area contributed by atoms with E-state index in [1.54, 1.807) is 24.3 Å². The molecule has 0 saturated heterocycles. The third-order valence-corrected chi connectivity index (χ3v) is 4.40. The highest BCUT2D eigenvalue weighted by atomic mass is 16.3. The van der Waals surface area contributed by atoms with Gasteiger partial charge in [0, 0.05) is 24.6 Å². The maximum Gasteiger partial charge on any atom is 0.224 e. The van der Waals surface area contributed by atoms with E-state index in [4.69, 9.17) is 0 Å². The second-order valence-electron chi connectivity index (χ2n) is 6.72. The molecule has 0 aromatic heterocycles. The van der Waals surface area contributed by atoms with Gasteiger partial charge in [0.1, 0.15) is 5.75 Å². The number of rotatable bonds is 7. The summed E-state index contributed by atoms with van der Waals surface area (Å²) in [7, 11) is 0. The first-order chi connectivity index (χ1) is 11.4. The normalized spacial score (nSPS) is 12.6. The summed E-state index contributed by atoms with van der Waals surface area (Å²) in [6.45, 7) is 4.44. The first-order valence-electron chi connectivity index (χ1n) is 8.13. The molecule has 0 heterocycles. The zero-order valence-electron chi connectivity index (χ0n) is 14.2. The number of para-hydroxylation sites is 1. The average molecular weight is 327 g/mol. The van der Waals surface area contributed by atoms with E-state index in [0.29, 0.717) is 12.1 Å². The number of phenolic OH excluding ortho intramolecular Hbond substituents is 1. The van der Waals surface area contributed by atoms with Crippen molar-refractivity contribution < 1.29 is 15.0 Å². The van der Waals surface area contributed by atoms with Crippen LogP contribution in [0.3, 0.4) is 0 Å². The number of phenols is 1. The van der Waals surface area contributed by atoms with E-state index in [2.05, 4.69) is 5.32 Å². The predicted molar refractivity (Wildman–Crippen MR) is 94.9 cm³/mol. The van der Waals surface area contributed by atoms with Gasteiger partial charge in [0.15, 0.2) is 0 Å². The first kappa shape index (κ1) is 18.0. The van der Waals surface area contributed by atoms with Crippen molar-refractivity contribution in [1.29, 1.82) is 0 Å². The lowest BCUT2D eigenvalue weighted by atomic mass is 9.75. The number of carbonyl (C=O) groups is 1. The molecule has 0 aliphatic carbocycles. The van der Waals surface area contributed by atoms with Crippen molar-refractivity contribution in [2.45, 2.75) is 26.2 Å². The highest BCUT2D eigenvalue weighted by molar-refractivity contribution is 5.79. The van der Waals surface area contributed by atoms with Crippen molar-refractivity contribution in [2.24, 2.45) is 5.41 Å². The monoisotopic (exact) mass is 327 g/mol. The fourth-order valence-electron chi connectivity index (χ4n) is 2.75. The summed E-state index contributed by atoms with van der Waals surface area (Å²) in [5, 5.41) is 22.4. The number of amides is 1. The van der Waals surface area contributed by atoms with Gasteiger partial charge in [-0.05, 0) is 17.0 Å². The Bertz CT molecular complexity index is 668. The molecule has 0 saturated carbocycles. The van der Waals surface area contributed by atoms with E-state index in [1.807, 2.05) is 44.2 Å². The van der Waals surface area contributed by atoms with Gasteiger partial charge in [0.05, 0.1) is 6.42 Å². The van der Waals surface area contributed by atoms with Crippen molar-refractivity contribution in [3.05, 3.63) is 65.7 Å². The van der Waals surface area contributed by atoms with Crippen molar-refractivity contribution in [3.63, 3.8) is 0 Å². The van der Waals surface area contributed by atoms with Gasteiger partial charge in [-0.1, -0.05) is 62.4 Å². The summed E-state index contributed by atoms with van der Waals surface area (Å²) >= 11 is 0. The highest BCUT2D eigenvalue weighted by Crippen LogP contribution is 2.34. The van der Waals surface area contributed by atoms with Crippen LogP contribution in [0.4, 0.5) is 0 Å². The van der Waals surface area contributed by atoms with Gasteiger partial charge in [-0.15, -0.1) is 0 Å². The molecule has 0 aliphatic rings. The Hall–Kier alpha value is -2.33. The third kappa shape index (κ3) is 4.59. The van der Waals surface area contributed by atoms with Crippen LogP contribution in [0, 0.1) is 5.41 Å². The van der Waals surface area contributed by atoms with Crippen LogP contribution in [0.25, 0.3) is 0 Å². The fraction of sp³-hybridized carbons (Fsp3) is 0.350. The SMILES string of the molecule is CC(C)(CO)C(CNC(=O)Cc1ccccc1O)c1ccccc1. The van der Waals surface area contributed by atoms with Crippen molar-refractivity contribution in [2.75, 3.05) is 13.2 Å². The number of benzene rings is 2. The molecule has 0 spiro atoms. The standard InChI is InChI=1S/C20H25NO3/c1-20(2,14-22)17(15-8-4-3-5-9-15)13-21-19(24)12-16-10-6-7-11-18(16)23/h3-11,17,22-23H,12-14H2,1-2H3,(H,21,24). The molecule has 4 heteroatoms. The smallest absolute Gasteiger partial charge is 0.224 e. The molecule has 1 atom stereocenters. The van der Waals surface area contributed by atoms with Crippen LogP contribution >= 0.6 is 0 Å². The largest absolute Gasteiger partial charge is 0.508 e. The number of nitrogens with one attached hydrogen (secondary N) is 1. The molecule has 24 heavy (non-hydrogen) atoms. The Morgan fingerprint density at radius 3 is 2.33 bits per heavy atom. The van der Waals surface area contributed by atoms with Crippen LogP contribution in [-0.4, -0.2) is 29.3 Å². The second kappa shape index (κ2) is 7.97. The van der Waals surface area contributed by atoms with E-state index < -0.39 is 0 Å². The molecule has 128 valence electrons. The van der Waals surface area contributed by atoms with Crippen LogP contribution in [0.2, 0.25) is 0 Å². The van der Waals surface area contributed by atoms with E-state index >= 15 is 0 Å². The minimum Gasteiger partial charge on any atom is -0.508 e. The van der Waals surface area contributed by atoms with E-state index in [-0.39, 0.29) is 36.0 Å².